The Morgan fingerprint density at radius 3 is 2.36 bits per heavy atom. The van der Waals surface area contributed by atoms with Crippen LogP contribution in [0.5, 0.6) is 0 Å². The third kappa shape index (κ3) is 7.10. The van der Waals surface area contributed by atoms with Gasteiger partial charge in [-0.15, -0.1) is 11.8 Å². The maximum atomic E-state index is 12.1. The topological polar surface area (TPSA) is 55.4 Å². The minimum Gasteiger partial charge on any atom is -0.376 e. The number of hydrogen-bond acceptors (Lipinski definition) is 3. The number of hydrogen-bond donors (Lipinski definition) is 1. The molecule has 5 heteroatoms. The van der Waals surface area contributed by atoms with Crippen molar-refractivity contribution in [3.8, 4) is 11.8 Å². The standard InChI is InChI=1S/C20H23NO3S/c1-18-11-13-20(14-12-18)25(22,23)21-15-7-2-3-8-16-24-17-19-9-5-4-6-10-19/h4-6,9-14,21H,7-8,15-17H2,1H3. The van der Waals surface area contributed by atoms with E-state index in [0.717, 1.165) is 11.1 Å². The summed E-state index contributed by atoms with van der Waals surface area (Å²) < 4.78 is 32.2. The SMILES string of the molecule is Cc1ccc(S(=O)(=O)NCCC#CCCOCc2ccccc2)cc1. The first-order valence-corrected chi connectivity index (χ1v) is 9.70. The number of rotatable bonds is 8. The van der Waals surface area contributed by atoms with Crippen LogP contribution in [0.15, 0.2) is 59.5 Å². The van der Waals surface area contributed by atoms with Gasteiger partial charge in [0.05, 0.1) is 18.1 Å². The first-order chi connectivity index (χ1) is 12.1. The van der Waals surface area contributed by atoms with Crippen LogP contribution in [0.2, 0.25) is 0 Å². The molecule has 0 saturated carbocycles. The van der Waals surface area contributed by atoms with Crippen molar-refractivity contribution in [2.75, 3.05) is 13.2 Å². The van der Waals surface area contributed by atoms with E-state index in [9.17, 15) is 8.42 Å². The summed E-state index contributed by atoms with van der Waals surface area (Å²) in [6.45, 7) is 3.37. The average Bonchev–Trinajstić information content (AvgIpc) is 2.61. The van der Waals surface area contributed by atoms with Crippen LogP contribution in [0.25, 0.3) is 0 Å². The number of sulfonamides is 1. The summed E-state index contributed by atoms with van der Waals surface area (Å²) in [4.78, 5) is 0.278. The zero-order valence-electron chi connectivity index (χ0n) is 14.4. The number of nitrogens with one attached hydrogen (secondary N) is 1. The van der Waals surface area contributed by atoms with E-state index in [0.29, 0.717) is 32.6 Å². The Balaban J connectivity index is 1.61. The molecule has 0 spiro atoms. The predicted octanol–water partition coefficient (Wildman–Crippen LogP) is 3.27. The minimum absolute atomic E-state index is 0.278. The first kappa shape index (κ1) is 19.2. The van der Waals surface area contributed by atoms with E-state index in [4.69, 9.17) is 4.74 Å². The Kier molecular flexibility index (Phi) is 7.68. The highest BCUT2D eigenvalue weighted by Gasteiger charge is 2.11. The van der Waals surface area contributed by atoms with Gasteiger partial charge in [0.15, 0.2) is 0 Å². The number of benzene rings is 2. The van der Waals surface area contributed by atoms with Crippen molar-refractivity contribution in [2.24, 2.45) is 0 Å². The summed E-state index contributed by atoms with van der Waals surface area (Å²) >= 11 is 0. The van der Waals surface area contributed by atoms with Crippen molar-refractivity contribution >= 4 is 10.0 Å². The van der Waals surface area contributed by atoms with Gasteiger partial charge in [0, 0.05) is 19.4 Å². The van der Waals surface area contributed by atoms with Gasteiger partial charge in [0.2, 0.25) is 10.0 Å². The van der Waals surface area contributed by atoms with Gasteiger partial charge < -0.3 is 4.74 Å². The van der Waals surface area contributed by atoms with Crippen molar-refractivity contribution in [2.45, 2.75) is 31.3 Å². The molecule has 0 bridgehead atoms. The Morgan fingerprint density at radius 1 is 0.960 bits per heavy atom. The molecule has 0 aliphatic carbocycles. The Bertz CT molecular complexity index is 804. The molecule has 1 N–H and O–H groups in total. The lowest BCUT2D eigenvalue weighted by Crippen LogP contribution is -2.24. The first-order valence-electron chi connectivity index (χ1n) is 8.22. The third-order valence-corrected chi connectivity index (χ3v) is 4.96. The van der Waals surface area contributed by atoms with Gasteiger partial charge in [-0.3, -0.25) is 0 Å². The summed E-state index contributed by atoms with van der Waals surface area (Å²) in [7, 11) is -3.45. The Labute approximate surface area is 150 Å². The van der Waals surface area contributed by atoms with Crippen LogP contribution >= 0.6 is 0 Å². The van der Waals surface area contributed by atoms with E-state index < -0.39 is 10.0 Å². The highest BCUT2D eigenvalue weighted by atomic mass is 32.2. The van der Waals surface area contributed by atoms with E-state index in [2.05, 4.69) is 16.6 Å². The molecule has 2 rings (SSSR count). The Morgan fingerprint density at radius 2 is 1.64 bits per heavy atom. The monoisotopic (exact) mass is 357 g/mol. The molecule has 0 saturated heterocycles. The Hall–Kier alpha value is -2.13. The van der Waals surface area contributed by atoms with Crippen molar-refractivity contribution < 1.29 is 13.2 Å². The molecule has 0 unspecified atom stereocenters. The van der Waals surface area contributed by atoms with Gasteiger partial charge in [-0.2, -0.15) is 0 Å². The highest BCUT2D eigenvalue weighted by molar-refractivity contribution is 7.89. The van der Waals surface area contributed by atoms with Crippen LogP contribution < -0.4 is 4.72 Å². The lowest BCUT2D eigenvalue weighted by atomic mass is 10.2. The summed E-state index contributed by atoms with van der Waals surface area (Å²) in [5.41, 5.74) is 2.17. The molecular formula is C20H23NO3S. The molecule has 0 aliphatic heterocycles. The zero-order chi connectivity index (χ0) is 18.0. The van der Waals surface area contributed by atoms with Gasteiger partial charge in [-0.05, 0) is 24.6 Å². The largest absolute Gasteiger partial charge is 0.376 e. The van der Waals surface area contributed by atoms with Gasteiger partial charge in [-0.25, -0.2) is 13.1 Å². The van der Waals surface area contributed by atoms with Crippen LogP contribution in [0.3, 0.4) is 0 Å². The van der Waals surface area contributed by atoms with Crippen LogP contribution in [0, 0.1) is 18.8 Å². The average molecular weight is 357 g/mol. The van der Waals surface area contributed by atoms with E-state index in [1.165, 1.54) is 0 Å². The fourth-order valence-corrected chi connectivity index (χ4v) is 3.14. The normalized spacial score (nSPS) is 10.9. The summed E-state index contributed by atoms with van der Waals surface area (Å²) in [6.07, 6.45) is 1.11. The molecule has 0 aliphatic rings. The lowest BCUT2D eigenvalue weighted by molar-refractivity contribution is 0.126. The summed E-state index contributed by atoms with van der Waals surface area (Å²) in [6, 6.07) is 16.8. The summed E-state index contributed by atoms with van der Waals surface area (Å²) in [5.74, 6) is 5.96. The summed E-state index contributed by atoms with van der Waals surface area (Å²) in [5, 5.41) is 0. The maximum Gasteiger partial charge on any atom is 0.240 e. The molecule has 2 aromatic rings. The number of ether oxygens (including phenoxy) is 1. The molecule has 132 valence electrons. The molecular weight excluding hydrogens is 334 g/mol. The predicted molar refractivity (Wildman–Crippen MR) is 99.5 cm³/mol. The fraction of sp³-hybridized carbons (Fsp3) is 0.300. The quantitative estimate of drug-likeness (QED) is 0.583. The van der Waals surface area contributed by atoms with Crippen LogP contribution in [-0.4, -0.2) is 21.6 Å². The van der Waals surface area contributed by atoms with E-state index in [1.807, 2.05) is 37.3 Å². The molecule has 25 heavy (non-hydrogen) atoms. The molecule has 0 aromatic heterocycles. The van der Waals surface area contributed by atoms with Crippen molar-refractivity contribution in [1.29, 1.82) is 0 Å². The molecule has 4 nitrogen and oxygen atoms in total. The molecule has 0 radical (unpaired) electrons. The smallest absolute Gasteiger partial charge is 0.240 e. The minimum atomic E-state index is -3.45. The molecule has 0 heterocycles. The van der Waals surface area contributed by atoms with E-state index >= 15 is 0 Å². The zero-order valence-corrected chi connectivity index (χ0v) is 15.2. The molecule has 0 fully saturated rings. The molecule has 2 aromatic carbocycles. The van der Waals surface area contributed by atoms with Crippen molar-refractivity contribution in [3.05, 3.63) is 65.7 Å². The third-order valence-electron chi connectivity index (χ3n) is 3.48. The second-order valence-electron chi connectivity index (χ2n) is 5.60. The van der Waals surface area contributed by atoms with Gasteiger partial charge in [0.25, 0.3) is 0 Å². The van der Waals surface area contributed by atoms with Crippen molar-refractivity contribution in [1.82, 2.24) is 4.72 Å². The van der Waals surface area contributed by atoms with Crippen LogP contribution in [0.4, 0.5) is 0 Å². The highest BCUT2D eigenvalue weighted by Crippen LogP contribution is 2.09. The van der Waals surface area contributed by atoms with Crippen molar-refractivity contribution in [3.63, 3.8) is 0 Å². The second-order valence-corrected chi connectivity index (χ2v) is 7.37. The van der Waals surface area contributed by atoms with Crippen LogP contribution in [0.1, 0.15) is 24.0 Å². The molecule has 0 atom stereocenters. The van der Waals surface area contributed by atoms with Gasteiger partial charge in [0.1, 0.15) is 0 Å². The van der Waals surface area contributed by atoms with Gasteiger partial charge in [-0.1, -0.05) is 48.0 Å². The van der Waals surface area contributed by atoms with E-state index in [-0.39, 0.29) is 4.90 Å². The number of aryl methyl sites for hydroxylation is 1. The van der Waals surface area contributed by atoms with E-state index in [1.54, 1.807) is 24.3 Å². The van der Waals surface area contributed by atoms with Gasteiger partial charge >= 0.3 is 0 Å². The second kappa shape index (κ2) is 10.00. The fourth-order valence-electron chi connectivity index (χ4n) is 2.11. The molecule has 0 amide bonds. The maximum absolute atomic E-state index is 12.1. The lowest BCUT2D eigenvalue weighted by Gasteiger charge is -2.05. The van der Waals surface area contributed by atoms with Crippen LogP contribution in [-0.2, 0) is 21.4 Å².